The van der Waals surface area contributed by atoms with Crippen molar-refractivity contribution in [1.29, 1.82) is 0 Å². The van der Waals surface area contributed by atoms with Crippen LogP contribution < -0.4 is 0 Å². The van der Waals surface area contributed by atoms with Gasteiger partial charge in [-0.3, -0.25) is 0 Å². The minimum absolute atomic E-state index is 0.0862. The van der Waals surface area contributed by atoms with Crippen molar-refractivity contribution in [3.63, 3.8) is 0 Å². The molecule has 0 radical (unpaired) electrons. The minimum Gasteiger partial charge on any atom is -0.392 e. The first-order chi connectivity index (χ1) is 4.91. The summed E-state index contributed by atoms with van der Waals surface area (Å²) in [7, 11) is 0. The van der Waals surface area contributed by atoms with Crippen LogP contribution in [0.2, 0.25) is 0 Å². The van der Waals surface area contributed by atoms with Crippen LogP contribution in [0.4, 0.5) is 0 Å². The van der Waals surface area contributed by atoms with Crippen molar-refractivity contribution < 1.29 is 5.11 Å². The number of aliphatic hydroxyl groups is 1. The fraction of sp³-hybridized carbons (Fsp3) is 1.00. The van der Waals surface area contributed by atoms with Gasteiger partial charge in [0, 0.05) is 0 Å². The highest BCUT2D eigenvalue weighted by Gasteiger charge is 2.28. The molecule has 0 aromatic carbocycles. The highest BCUT2D eigenvalue weighted by atomic mass is 16.3. The van der Waals surface area contributed by atoms with Gasteiger partial charge in [-0.1, -0.05) is 41.0 Å². The van der Waals surface area contributed by atoms with Crippen LogP contribution in [0.15, 0.2) is 0 Å². The Bertz CT molecular complexity index is 105. The van der Waals surface area contributed by atoms with E-state index in [1.807, 2.05) is 0 Å². The molecule has 0 rings (SSSR count). The molecule has 0 bridgehead atoms. The van der Waals surface area contributed by atoms with Gasteiger partial charge in [0.2, 0.25) is 0 Å². The van der Waals surface area contributed by atoms with E-state index in [0.29, 0.717) is 5.92 Å². The molecule has 0 spiro atoms. The molecule has 0 aromatic heterocycles. The predicted octanol–water partition coefficient (Wildman–Crippen LogP) is 2.83. The van der Waals surface area contributed by atoms with Gasteiger partial charge in [0.1, 0.15) is 0 Å². The Labute approximate surface area is 70.8 Å². The van der Waals surface area contributed by atoms with Crippen molar-refractivity contribution in [3.8, 4) is 0 Å². The largest absolute Gasteiger partial charge is 0.392 e. The third-order valence-electron chi connectivity index (χ3n) is 2.33. The van der Waals surface area contributed by atoms with Gasteiger partial charge in [0.25, 0.3) is 0 Å². The molecule has 0 amide bonds. The highest BCUT2D eigenvalue weighted by molar-refractivity contribution is 4.79. The molecule has 1 nitrogen and oxygen atoms in total. The maximum atomic E-state index is 9.79. The molecule has 0 aromatic rings. The average molecular weight is 158 g/mol. The van der Waals surface area contributed by atoms with E-state index < -0.39 is 0 Å². The average Bonchev–Trinajstić information content (AvgIpc) is 1.86. The maximum absolute atomic E-state index is 9.79. The Balaban J connectivity index is 4.05. The number of hydrogen-bond donors (Lipinski definition) is 1. The predicted molar refractivity (Wildman–Crippen MR) is 49.5 cm³/mol. The summed E-state index contributed by atoms with van der Waals surface area (Å²) in [6.45, 7) is 10.6. The summed E-state index contributed by atoms with van der Waals surface area (Å²) in [4.78, 5) is 0. The summed E-state index contributed by atoms with van der Waals surface area (Å²) in [6.07, 6.45) is 2.09. The molecule has 0 heterocycles. The second-order valence-corrected chi connectivity index (χ2v) is 4.43. The third kappa shape index (κ3) is 3.24. The fourth-order valence-electron chi connectivity index (χ4n) is 1.69. The van der Waals surface area contributed by atoms with Crippen molar-refractivity contribution >= 4 is 0 Å². The lowest BCUT2D eigenvalue weighted by molar-refractivity contribution is 0.00766. The Morgan fingerprint density at radius 2 is 1.73 bits per heavy atom. The van der Waals surface area contributed by atoms with Gasteiger partial charge in [-0.2, -0.15) is 0 Å². The Morgan fingerprint density at radius 3 is 2.00 bits per heavy atom. The molecular weight excluding hydrogens is 136 g/mol. The van der Waals surface area contributed by atoms with Gasteiger partial charge in [-0.25, -0.2) is 0 Å². The van der Waals surface area contributed by atoms with Crippen molar-refractivity contribution in [2.45, 2.75) is 53.6 Å². The zero-order valence-corrected chi connectivity index (χ0v) is 8.52. The normalized spacial score (nSPS) is 15.5. The second-order valence-electron chi connectivity index (χ2n) is 4.43. The van der Waals surface area contributed by atoms with Crippen LogP contribution in [0.5, 0.6) is 0 Å². The summed E-state index contributed by atoms with van der Waals surface area (Å²) in [5.74, 6) is 0.372. The van der Waals surface area contributed by atoms with Crippen LogP contribution in [0.1, 0.15) is 47.5 Å². The first-order valence-electron chi connectivity index (χ1n) is 4.60. The van der Waals surface area contributed by atoms with E-state index >= 15 is 0 Å². The maximum Gasteiger partial charge on any atom is 0.0613 e. The summed E-state index contributed by atoms with van der Waals surface area (Å²) >= 11 is 0. The summed E-state index contributed by atoms with van der Waals surface area (Å²) < 4.78 is 0. The molecule has 0 saturated heterocycles. The lowest BCUT2D eigenvalue weighted by atomic mass is 9.77. The molecule has 1 unspecified atom stereocenters. The van der Waals surface area contributed by atoms with E-state index in [9.17, 15) is 5.11 Å². The van der Waals surface area contributed by atoms with Crippen LogP contribution in [-0.4, -0.2) is 11.2 Å². The molecule has 0 aliphatic heterocycles. The van der Waals surface area contributed by atoms with E-state index in [2.05, 4.69) is 34.6 Å². The van der Waals surface area contributed by atoms with Crippen LogP contribution in [0.3, 0.4) is 0 Å². The summed E-state index contributed by atoms with van der Waals surface area (Å²) in [5, 5.41) is 9.79. The second kappa shape index (κ2) is 4.10. The van der Waals surface area contributed by atoms with Gasteiger partial charge in [0.05, 0.1) is 6.10 Å². The van der Waals surface area contributed by atoms with Crippen LogP contribution in [0.25, 0.3) is 0 Å². The van der Waals surface area contributed by atoms with Crippen LogP contribution in [-0.2, 0) is 0 Å². The molecule has 0 aliphatic carbocycles. The SMILES string of the molecule is CCCC(C)(C)C(O)C(C)C. The molecule has 11 heavy (non-hydrogen) atoms. The molecule has 0 fully saturated rings. The fourth-order valence-corrected chi connectivity index (χ4v) is 1.69. The number of aliphatic hydroxyl groups excluding tert-OH is 1. The Hall–Kier alpha value is -0.0400. The summed E-state index contributed by atoms with van der Waals surface area (Å²) in [5.41, 5.74) is 0.0862. The Morgan fingerprint density at radius 1 is 1.27 bits per heavy atom. The van der Waals surface area contributed by atoms with Crippen molar-refractivity contribution in [2.24, 2.45) is 11.3 Å². The molecule has 1 atom stereocenters. The van der Waals surface area contributed by atoms with E-state index in [1.54, 1.807) is 0 Å². The van der Waals surface area contributed by atoms with Gasteiger partial charge >= 0.3 is 0 Å². The van der Waals surface area contributed by atoms with E-state index in [1.165, 1.54) is 0 Å². The van der Waals surface area contributed by atoms with E-state index in [-0.39, 0.29) is 11.5 Å². The van der Waals surface area contributed by atoms with Crippen molar-refractivity contribution in [1.82, 2.24) is 0 Å². The standard InChI is InChI=1S/C10H22O/c1-6-7-10(4,5)9(11)8(2)3/h8-9,11H,6-7H2,1-5H3. The van der Waals surface area contributed by atoms with E-state index in [0.717, 1.165) is 12.8 Å². The highest BCUT2D eigenvalue weighted by Crippen LogP contribution is 2.30. The Kier molecular flexibility index (Phi) is 4.09. The zero-order valence-electron chi connectivity index (χ0n) is 8.52. The van der Waals surface area contributed by atoms with Crippen molar-refractivity contribution in [2.75, 3.05) is 0 Å². The van der Waals surface area contributed by atoms with Crippen LogP contribution >= 0.6 is 0 Å². The first kappa shape index (κ1) is 11.0. The van der Waals surface area contributed by atoms with Gasteiger partial charge in [-0.05, 0) is 17.8 Å². The molecule has 0 aliphatic rings. The zero-order chi connectivity index (χ0) is 9.07. The first-order valence-corrected chi connectivity index (χ1v) is 4.60. The molecule has 1 N–H and O–H groups in total. The molecule has 1 heteroatoms. The molecule has 68 valence electrons. The van der Waals surface area contributed by atoms with Gasteiger partial charge in [0.15, 0.2) is 0 Å². The van der Waals surface area contributed by atoms with E-state index in [4.69, 9.17) is 0 Å². The topological polar surface area (TPSA) is 20.2 Å². The number of rotatable bonds is 4. The molecular formula is C10H22O. The minimum atomic E-state index is -0.164. The lowest BCUT2D eigenvalue weighted by Crippen LogP contribution is -2.33. The molecule has 0 saturated carbocycles. The smallest absolute Gasteiger partial charge is 0.0613 e. The quantitative estimate of drug-likeness (QED) is 0.667. The monoisotopic (exact) mass is 158 g/mol. The van der Waals surface area contributed by atoms with Crippen molar-refractivity contribution in [3.05, 3.63) is 0 Å². The van der Waals surface area contributed by atoms with Gasteiger partial charge in [-0.15, -0.1) is 0 Å². The number of hydrogen-bond acceptors (Lipinski definition) is 1. The summed E-state index contributed by atoms with van der Waals surface area (Å²) in [6, 6.07) is 0. The van der Waals surface area contributed by atoms with Crippen LogP contribution in [0, 0.1) is 11.3 Å². The lowest BCUT2D eigenvalue weighted by Gasteiger charge is -2.32. The third-order valence-corrected chi connectivity index (χ3v) is 2.33. The van der Waals surface area contributed by atoms with Gasteiger partial charge < -0.3 is 5.11 Å².